The smallest absolute Gasteiger partial charge is 0.370 e. The molecule has 9 heteroatoms. The summed E-state index contributed by atoms with van der Waals surface area (Å²) in [6.07, 6.45) is -3.18. The van der Waals surface area contributed by atoms with Crippen molar-refractivity contribution in [2.75, 3.05) is 42.9 Å². The molecule has 1 heterocycles. The third-order valence-electron chi connectivity index (χ3n) is 5.46. The predicted molar refractivity (Wildman–Crippen MR) is 117 cm³/mol. The van der Waals surface area contributed by atoms with Crippen LogP contribution in [0.25, 0.3) is 0 Å². The summed E-state index contributed by atoms with van der Waals surface area (Å²) in [6.45, 7) is 3.15. The molecule has 0 aromatic heterocycles. The second-order valence-electron chi connectivity index (χ2n) is 7.84. The molecule has 32 heavy (non-hydrogen) atoms. The van der Waals surface area contributed by atoms with E-state index in [2.05, 4.69) is 10.2 Å². The van der Waals surface area contributed by atoms with Gasteiger partial charge in [0, 0.05) is 56.9 Å². The van der Waals surface area contributed by atoms with E-state index in [9.17, 15) is 22.8 Å². The van der Waals surface area contributed by atoms with Crippen LogP contribution in [0.5, 0.6) is 0 Å². The number of halogens is 3. The highest BCUT2D eigenvalue weighted by atomic mass is 19.4. The van der Waals surface area contributed by atoms with Gasteiger partial charge in [-0.05, 0) is 42.3 Å². The Morgan fingerprint density at radius 2 is 1.66 bits per heavy atom. The summed E-state index contributed by atoms with van der Waals surface area (Å²) in [4.78, 5) is 27.2. The minimum atomic E-state index is -4.35. The molecule has 0 atom stereocenters. The van der Waals surface area contributed by atoms with E-state index in [1.807, 2.05) is 17.0 Å². The number of nitrogens with one attached hydrogen (secondary N) is 1. The van der Waals surface area contributed by atoms with E-state index in [4.69, 9.17) is 5.73 Å². The van der Waals surface area contributed by atoms with Crippen molar-refractivity contribution in [3.8, 4) is 0 Å². The van der Waals surface area contributed by atoms with E-state index in [0.29, 0.717) is 56.9 Å². The molecule has 0 bridgehead atoms. The predicted octanol–water partition coefficient (Wildman–Crippen LogP) is 3.27. The van der Waals surface area contributed by atoms with E-state index >= 15 is 0 Å². The summed E-state index contributed by atoms with van der Waals surface area (Å²) < 4.78 is 38.8. The number of alkyl halides is 3. The molecule has 2 aromatic rings. The first kappa shape index (κ1) is 23.6. The maximum absolute atomic E-state index is 12.9. The molecule has 0 aliphatic carbocycles. The Morgan fingerprint density at radius 1 is 0.969 bits per heavy atom. The van der Waals surface area contributed by atoms with Gasteiger partial charge in [0.25, 0.3) is 0 Å². The van der Waals surface area contributed by atoms with Gasteiger partial charge in [-0.25, -0.2) is 0 Å². The summed E-state index contributed by atoms with van der Waals surface area (Å²) in [5.74, 6) is -0.451. The molecule has 2 aromatic carbocycles. The Hall–Kier alpha value is -3.07. The number of primary amides is 1. The molecule has 172 valence electrons. The number of nitrogens with two attached hydrogens (primary N) is 1. The van der Waals surface area contributed by atoms with Crippen molar-refractivity contribution in [2.24, 2.45) is 5.73 Å². The molecule has 1 aliphatic rings. The Labute approximate surface area is 185 Å². The number of piperazine rings is 1. The molecule has 2 amide bonds. The number of carbonyl (C=O) groups excluding carboxylic acids is 2. The van der Waals surface area contributed by atoms with Crippen LogP contribution in [-0.2, 0) is 22.2 Å². The van der Waals surface area contributed by atoms with Crippen molar-refractivity contribution < 1.29 is 22.8 Å². The van der Waals surface area contributed by atoms with Gasteiger partial charge in [0.05, 0.1) is 5.56 Å². The van der Waals surface area contributed by atoms with Crippen LogP contribution in [0.4, 0.5) is 24.5 Å². The number of amides is 2. The fourth-order valence-corrected chi connectivity index (χ4v) is 3.61. The monoisotopic (exact) mass is 448 g/mol. The zero-order valence-corrected chi connectivity index (χ0v) is 17.7. The van der Waals surface area contributed by atoms with Gasteiger partial charge in [0.1, 0.15) is 0 Å². The molecule has 0 radical (unpaired) electrons. The second-order valence-corrected chi connectivity index (χ2v) is 7.84. The average molecular weight is 448 g/mol. The molecular weight excluding hydrogens is 421 g/mol. The molecule has 0 spiro atoms. The molecule has 3 N–H and O–H groups in total. The Balaban J connectivity index is 1.41. The number of rotatable bonds is 8. The van der Waals surface area contributed by atoms with Gasteiger partial charge in [0.15, 0.2) is 0 Å². The van der Waals surface area contributed by atoms with Crippen molar-refractivity contribution in [1.29, 1.82) is 0 Å². The highest BCUT2D eigenvalue weighted by Crippen LogP contribution is 2.31. The van der Waals surface area contributed by atoms with Crippen LogP contribution in [0.1, 0.15) is 24.0 Å². The first-order chi connectivity index (χ1) is 15.2. The number of carbonyl (C=O) groups is 2. The lowest BCUT2D eigenvalue weighted by Crippen LogP contribution is -2.47. The number of aryl methyl sites for hydroxylation is 1. The Morgan fingerprint density at radius 3 is 2.28 bits per heavy atom. The van der Waals surface area contributed by atoms with Crippen molar-refractivity contribution in [3.05, 3.63) is 59.7 Å². The number of anilines is 2. The van der Waals surface area contributed by atoms with Crippen LogP contribution in [0.2, 0.25) is 0 Å². The normalized spacial score (nSPS) is 14.9. The number of hydrogen-bond donors (Lipinski definition) is 2. The van der Waals surface area contributed by atoms with Gasteiger partial charge in [-0.1, -0.05) is 18.2 Å². The first-order valence-corrected chi connectivity index (χ1v) is 10.5. The molecule has 1 aliphatic heterocycles. The van der Waals surface area contributed by atoms with Gasteiger partial charge in [-0.3, -0.25) is 14.5 Å². The van der Waals surface area contributed by atoms with Crippen LogP contribution in [0, 0.1) is 0 Å². The summed E-state index contributed by atoms with van der Waals surface area (Å²) in [5.41, 5.74) is 6.73. The third kappa shape index (κ3) is 6.98. The Kier molecular flexibility index (Phi) is 7.74. The van der Waals surface area contributed by atoms with E-state index in [0.717, 1.165) is 11.6 Å². The van der Waals surface area contributed by atoms with Gasteiger partial charge < -0.3 is 16.0 Å². The fraction of sp³-hybridized carbons (Fsp3) is 0.391. The maximum atomic E-state index is 12.9. The molecule has 0 saturated carbocycles. The van der Waals surface area contributed by atoms with Crippen molar-refractivity contribution in [1.82, 2.24) is 4.90 Å². The SMILES string of the molecule is NC(=O)CCc1ccc(NC(=O)CCN2CCN(c3cccc(C(F)(F)F)c3)CC2)cc1. The molecule has 6 nitrogen and oxygen atoms in total. The molecule has 1 saturated heterocycles. The van der Waals surface area contributed by atoms with Gasteiger partial charge >= 0.3 is 6.18 Å². The highest BCUT2D eigenvalue weighted by Gasteiger charge is 2.31. The zero-order valence-electron chi connectivity index (χ0n) is 17.7. The lowest BCUT2D eigenvalue weighted by atomic mass is 10.1. The van der Waals surface area contributed by atoms with Crippen LogP contribution in [0.15, 0.2) is 48.5 Å². The summed E-state index contributed by atoms with van der Waals surface area (Å²) >= 11 is 0. The zero-order chi connectivity index (χ0) is 23.1. The number of hydrogen-bond acceptors (Lipinski definition) is 4. The van der Waals surface area contributed by atoms with Gasteiger partial charge in [-0.15, -0.1) is 0 Å². The number of nitrogens with zero attached hydrogens (tertiary/aromatic N) is 2. The average Bonchev–Trinajstić information content (AvgIpc) is 2.77. The minimum absolute atomic E-state index is 0.102. The van der Waals surface area contributed by atoms with Crippen LogP contribution in [-0.4, -0.2) is 49.4 Å². The standard InChI is InChI=1S/C23H27F3N4O2/c24-23(25,26)18-2-1-3-20(16-18)30-14-12-29(13-15-30)11-10-22(32)28-19-7-4-17(5-8-19)6-9-21(27)31/h1-5,7-8,16H,6,9-15H2,(H2,27,31)(H,28,32). The molecule has 0 unspecified atom stereocenters. The quantitative estimate of drug-likeness (QED) is 0.650. The van der Waals surface area contributed by atoms with E-state index in [-0.39, 0.29) is 18.2 Å². The maximum Gasteiger partial charge on any atom is 0.416 e. The highest BCUT2D eigenvalue weighted by molar-refractivity contribution is 5.90. The summed E-state index contributed by atoms with van der Waals surface area (Å²) in [7, 11) is 0. The molecular formula is C23H27F3N4O2. The first-order valence-electron chi connectivity index (χ1n) is 10.5. The summed E-state index contributed by atoms with van der Waals surface area (Å²) in [6, 6.07) is 12.7. The largest absolute Gasteiger partial charge is 0.416 e. The topological polar surface area (TPSA) is 78.7 Å². The molecule has 3 rings (SSSR count). The van der Waals surface area contributed by atoms with Gasteiger partial charge in [-0.2, -0.15) is 13.2 Å². The third-order valence-corrected chi connectivity index (χ3v) is 5.46. The van der Waals surface area contributed by atoms with Crippen LogP contribution in [0.3, 0.4) is 0 Å². The summed E-state index contributed by atoms with van der Waals surface area (Å²) in [5, 5.41) is 2.85. The Bertz CT molecular complexity index is 924. The second kappa shape index (κ2) is 10.5. The fourth-order valence-electron chi connectivity index (χ4n) is 3.61. The van der Waals surface area contributed by atoms with Gasteiger partial charge in [0.2, 0.25) is 11.8 Å². The van der Waals surface area contributed by atoms with E-state index in [1.165, 1.54) is 12.1 Å². The lowest BCUT2D eigenvalue weighted by Gasteiger charge is -2.36. The van der Waals surface area contributed by atoms with E-state index < -0.39 is 11.7 Å². The van der Waals surface area contributed by atoms with Crippen LogP contribution < -0.4 is 16.0 Å². The van der Waals surface area contributed by atoms with Crippen molar-refractivity contribution in [3.63, 3.8) is 0 Å². The van der Waals surface area contributed by atoms with Crippen molar-refractivity contribution >= 4 is 23.2 Å². The van der Waals surface area contributed by atoms with E-state index in [1.54, 1.807) is 18.2 Å². The van der Waals surface area contributed by atoms with Crippen LogP contribution >= 0.6 is 0 Å². The van der Waals surface area contributed by atoms with Crippen molar-refractivity contribution in [2.45, 2.75) is 25.4 Å². The lowest BCUT2D eigenvalue weighted by molar-refractivity contribution is -0.137. The number of benzene rings is 2. The molecule has 1 fully saturated rings. The minimum Gasteiger partial charge on any atom is -0.370 e.